The number of allylic oxidation sites excluding steroid dienone is 3. The van der Waals surface area contributed by atoms with Gasteiger partial charge in [0.1, 0.15) is 29.8 Å². The number of ether oxygens (including phenoxy) is 3. The number of fused-ring (bicyclic) bond motifs is 2. The van der Waals surface area contributed by atoms with E-state index in [1.165, 1.54) is 40.8 Å². The van der Waals surface area contributed by atoms with E-state index in [4.69, 9.17) is 28.5 Å². The Kier molecular flexibility index (Phi) is 17.9. The summed E-state index contributed by atoms with van der Waals surface area (Å²) in [4.78, 5) is 95.7. The number of Topliss-reactive ketones (excluding diaryl/α,β-unsaturated/α-hetero) is 1. The lowest BCUT2D eigenvalue weighted by Gasteiger charge is -2.37. The number of aryl methyl sites for hydroxylation is 3. The zero-order valence-corrected chi connectivity index (χ0v) is 43.6. The number of carboxylic acids is 1. The Labute approximate surface area is 411 Å². The third-order valence-corrected chi connectivity index (χ3v) is 18.4. The van der Waals surface area contributed by atoms with Crippen molar-refractivity contribution in [2.75, 3.05) is 19.1 Å². The molecule has 6 rings (SSSR count). The highest BCUT2D eigenvalue weighted by Gasteiger charge is 2.44. The van der Waals surface area contributed by atoms with Crippen molar-refractivity contribution in [1.29, 1.82) is 0 Å². The maximum atomic E-state index is 13.8. The largest absolute Gasteiger partial charge is 0.490 e. The minimum Gasteiger partial charge on any atom is -0.478 e. The van der Waals surface area contributed by atoms with Crippen LogP contribution in [0.4, 0.5) is 0 Å². The molecule has 26 heteroatoms. The van der Waals surface area contributed by atoms with E-state index in [-0.39, 0.29) is 47.2 Å². The van der Waals surface area contributed by atoms with Gasteiger partial charge in [0.2, 0.25) is 0 Å². The Balaban J connectivity index is 1.13. The predicted molar refractivity (Wildman–Crippen MR) is 261 cm³/mol. The molecule has 2 aromatic carbocycles. The number of carboxylic acid groups (broad SMARTS) is 1. The van der Waals surface area contributed by atoms with Gasteiger partial charge in [0.25, 0.3) is 5.56 Å². The van der Waals surface area contributed by atoms with Crippen LogP contribution in [-0.2, 0) is 42.7 Å². The normalized spacial score (nSPS) is 22.6. The Morgan fingerprint density at radius 2 is 1.71 bits per heavy atom. The van der Waals surface area contributed by atoms with Gasteiger partial charge >= 0.3 is 35.1 Å². The lowest BCUT2D eigenvalue weighted by Crippen LogP contribution is -2.33. The van der Waals surface area contributed by atoms with Crippen molar-refractivity contribution in [3.8, 4) is 5.75 Å². The highest BCUT2D eigenvalue weighted by Crippen LogP contribution is 2.66. The first-order valence-corrected chi connectivity index (χ1v) is 28.9. The first kappa shape index (κ1) is 55.6. The molecule has 0 spiro atoms. The van der Waals surface area contributed by atoms with E-state index < -0.39 is 76.4 Å². The summed E-state index contributed by atoms with van der Waals surface area (Å²) in [6, 6.07) is 8.98. The number of rotatable bonds is 22. The van der Waals surface area contributed by atoms with Crippen molar-refractivity contribution in [3.63, 3.8) is 0 Å². The summed E-state index contributed by atoms with van der Waals surface area (Å²) in [5.74, 6) is -0.881. The van der Waals surface area contributed by atoms with Crippen LogP contribution in [0.1, 0.15) is 121 Å². The van der Waals surface area contributed by atoms with Crippen LogP contribution in [0.5, 0.6) is 5.75 Å². The SMILES string of the molecule is CCCc1cc2c(cc1C)C(c1ccc(C(=O)CCC(C)(C)SSCOC3C[C@H](n4cc(C)c(=O)[nH]c4=O)O[C@@H]3COP(=O)(O)OP(=O)(O)OP(=O)(O)O)cc1C(=O)O)C1C=C(C)C(=NCC)C=C1O2. The van der Waals surface area contributed by atoms with Crippen molar-refractivity contribution in [2.45, 2.75) is 110 Å². The van der Waals surface area contributed by atoms with E-state index in [1.54, 1.807) is 12.1 Å². The monoisotopic (exact) mass is 1070 g/mol. The third kappa shape index (κ3) is 14.0. The number of aromatic amines is 1. The van der Waals surface area contributed by atoms with Gasteiger partial charge in [-0.3, -0.25) is 28.7 Å². The summed E-state index contributed by atoms with van der Waals surface area (Å²) in [7, 11) is -14.4. The summed E-state index contributed by atoms with van der Waals surface area (Å²) in [6.07, 6.45) is 4.14. The zero-order chi connectivity index (χ0) is 51.5. The molecule has 6 N–H and O–H groups in total. The fourth-order valence-corrected chi connectivity index (χ4v) is 13.7. The van der Waals surface area contributed by atoms with Crippen molar-refractivity contribution in [3.05, 3.63) is 120 Å². The van der Waals surface area contributed by atoms with Crippen LogP contribution < -0.4 is 16.0 Å². The van der Waals surface area contributed by atoms with E-state index in [0.29, 0.717) is 30.0 Å². The number of ketones is 1. The van der Waals surface area contributed by atoms with Gasteiger partial charge < -0.3 is 38.9 Å². The van der Waals surface area contributed by atoms with Crippen molar-refractivity contribution < 1.29 is 75.3 Å². The number of phosphoric acid groups is 3. The molecule has 21 nitrogen and oxygen atoms in total. The highest BCUT2D eigenvalue weighted by atomic mass is 33.1. The van der Waals surface area contributed by atoms with Crippen LogP contribution >= 0.6 is 45.1 Å². The van der Waals surface area contributed by atoms with Gasteiger partial charge in [-0.15, -0.1) is 0 Å². The maximum Gasteiger partial charge on any atom is 0.490 e. The van der Waals surface area contributed by atoms with Crippen molar-refractivity contribution >= 4 is 62.5 Å². The molecule has 7 atom stereocenters. The van der Waals surface area contributed by atoms with Crippen molar-refractivity contribution in [2.24, 2.45) is 10.9 Å². The van der Waals surface area contributed by atoms with E-state index in [1.807, 2.05) is 46.8 Å². The number of phosphoric ester groups is 1. The van der Waals surface area contributed by atoms with Crippen LogP contribution in [-0.4, -0.2) is 87.7 Å². The van der Waals surface area contributed by atoms with Crippen molar-refractivity contribution in [1.82, 2.24) is 9.55 Å². The Morgan fingerprint density at radius 3 is 2.39 bits per heavy atom. The van der Waals surface area contributed by atoms with Gasteiger partial charge in [-0.25, -0.2) is 23.3 Å². The molecule has 0 radical (unpaired) electrons. The second-order valence-electron chi connectivity index (χ2n) is 17.5. The molecule has 2 aliphatic heterocycles. The van der Waals surface area contributed by atoms with E-state index in [2.05, 4.69) is 37.7 Å². The average molecular weight is 1070 g/mol. The molecular weight excluding hydrogens is 1020 g/mol. The maximum absolute atomic E-state index is 13.8. The number of benzene rings is 2. The van der Waals surface area contributed by atoms with Crippen LogP contribution in [0.25, 0.3) is 0 Å². The van der Waals surface area contributed by atoms with E-state index in [0.717, 1.165) is 45.4 Å². The molecule has 1 aromatic heterocycles. The molecule has 3 heterocycles. The number of nitrogens with zero attached hydrogens (tertiary/aromatic N) is 2. The lowest BCUT2D eigenvalue weighted by molar-refractivity contribution is -0.0543. The fourth-order valence-electron chi connectivity index (χ4n) is 8.34. The third-order valence-electron chi connectivity index (χ3n) is 11.6. The van der Waals surface area contributed by atoms with E-state index >= 15 is 0 Å². The summed E-state index contributed by atoms with van der Waals surface area (Å²) in [6.45, 7) is 13.1. The quantitative estimate of drug-likeness (QED) is 0.0182. The van der Waals surface area contributed by atoms with Gasteiger partial charge in [0, 0.05) is 64.9 Å². The first-order chi connectivity index (χ1) is 32.7. The molecule has 3 aliphatic rings. The molecule has 5 unspecified atom stereocenters. The van der Waals surface area contributed by atoms with Crippen LogP contribution in [0.15, 0.2) is 74.6 Å². The molecule has 0 bridgehead atoms. The molecule has 382 valence electrons. The van der Waals surface area contributed by atoms with Crippen LogP contribution in [0, 0.1) is 19.8 Å². The summed E-state index contributed by atoms with van der Waals surface area (Å²) >= 11 is 0. The Bertz CT molecular complexity index is 2870. The number of hydrogen-bond acceptors (Lipinski definition) is 16. The minimum absolute atomic E-state index is 0.0118. The molecule has 1 aliphatic carbocycles. The van der Waals surface area contributed by atoms with Gasteiger partial charge in [-0.1, -0.05) is 59.2 Å². The Morgan fingerprint density at radius 1 is 0.986 bits per heavy atom. The summed E-state index contributed by atoms with van der Waals surface area (Å²) in [5.41, 5.74) is 4.36. The van der Waals surface area contributed by atoms with Gasteiger partial charge in [0.05, 0.1) is 24.0 Å². The smallest absolute Gasteiger partial charge is 0.478 e. The number of carbonyl (C=O) groups excluding carboxylic acids is 1. The molecule has 3 aromatic rings. The average Bonchev–Trinajstić information content (AvgIpc) is 3.66. The highest BCUT2D eigenvalue weighted by molar-refractivity contribution is 8.77. The lowest BCUT2D eigenvalue weighted by atomic mass is 9.72. The fraction of sp³-hybridized carbons (Fsp3) is 0.477. The molecule has 70 heavy (non-hydrogen) atoms. The van der Waals surface area contributed by atoms with Crippen LogP contribution in [0.2, 0.25) is 0 Å². The molecule has 0 saturated carbocycles. The summed E-state index contributed by atoms with van der Waals surface area (Å²) < 4.78 is 66.8. The Hall–Kier alpha value is -3.76. The number of aromatic nitrogens is 2. The summed E-state index contributed by atoms with van der Waals surface area (Å²) in [5, 5.41) is 10.7. The van der Waals surface area contributed by atoms with Gasteiger partial charge in [-0.2, -0.15) is 8.62 Å². The number of H-pyrrole nitrogens is 1. The topological polar surface area (TPSA) is 309 Å². The van der Waals surface area contributed by atoms with Crippen LogP contribution in [0.3, 0.4) is 0 Å². The van der Waals surface area contributed by atoms with Gasteiger partial charge in [-0.05, 0) is 88.8 Å². The number of hydrogen-bond donors (Lipinski definition) is 6. The molecular formula is C44H56N3O18P3S2. The molecule has 0 amide bonds. The molecule has 1 fully saturated rings. The number of aliphatic imine (C=N–C) groups is 1. The predicted octanol–water partition coefficient (Wildman–Crippen LogP) is 8.05. The van der Waals surface area contributed by atoms with E-state index in [9.17, 15) is 47.8 Å². The zero-order valence-electron chi connectivity index (χ0n) is 39.3. The second kappa shape index (κ2) is 22.6. The second-order valence-corrected chi connectivity index (χ2v) is 24.8. The number of aromatic carboxylic acids is 1. The number of carbonyl (C=O) groups is 2. The van der Waals surface area contributed by atoms with Gasteiger partial charge in [0.15, 0.2) is 5.78 Å². The number of nitrogens with one attached hydrogen (secondary N) is 1. The standard InChI is InChI=1S/C44H56N3O18P3S2/c1-8-10-27-18-35-31(15-24(27)3)40(32-16-25(4)33(45-9-2)19-36(32)62-35)29-12-11-28(17-30(29)42(50)51)34(48)13-14-44(6,7)70-69-23-60-37-20-39(47-21-26(5)41(49)46-43(47)52)63-38(37)22-61-67(56,57)65-68(58,59)64-66(53,54)55/h11-12,15-19,21,32,37-40H,8-10,13-14,20,22-23H2,1-7H3,(H,50,51)(H,56,57)(H,58,59)(H,46,49,52)(H2,53,54,55)/t32?,37?,38-,39-,40?/m1/s1. The molecule has 1 saturated heterocycles. The first-order valence-electron chi connectivity index (χ1n) is 22.0. The minimum atomic E-state index is -5.81.